The van der Waals surface area contributed by atoms with Crippen molar-refractivity contribution in [2.45, 2.75) is 23.8 Å². The molecule has 0 aromatic heterocycles. The van der Waals surface area contributed by atoms with Gasteiger partial charge in [-0.05, 0) is 49.2 Å². The topological polar surface area (TPSA) is 86.7 Å². The maximum Gasteiger partial charge on any atom is 0.261 e. The average Bonchev–Trinajstić information content (AvgIpc) is 2.62. The SMILES string of the molecule is O=C(c1ccccc1NS(=O)(=O)c1ccc(Cl)cc1)N1CCC(O)CC1. The first kappa shape index (κ1) is 18.7. The lowest BCUT2D eigenvalue weighted by atomic mass is 10.1. The van der Waals surface area contributed by atoms with Gasteiger partial charge in [0.15, 0.2) is 0 Å². The molecule has 0 aliphatic carbocycles. The van der Waals surface area contributed by atoms with Gasteiger partial charge in [0.1, 0.15) is 0 Å². The van der Waals surface area contributed by atoms with Gasteiger partial charge in [-0.1, -0.05) is 23.7 Å². The Morgan fingerprint density at radius 3 is 2.35 bits per heavy atom. The molecular weight excluding hydrogens is 376 g/mol. The first-order valence-corrected chi connectivity index (χ1v) is 10.1. The van der Waals surface area contributed by atoms with Gasteiger partial charge in [0, 0.05) is 18.1 Å². The summed E-state index contributed by atoms with van der Waals surface area (Å²) in [6.07, 6.45) is 0.646. The van der Waals surface area contributed by atoms with Gasteiger partial charge in [-0.15, -0.1) is 0 Å². The van der Waals surface area contributed by atoms with Crippen LogP contribution in [-0.4, -0.2) is 43.5 Å². The molecule has 26 heavy (non-hydrogen) atoms. The molecule has 1 aliphatic heterocycles. The highest BCUT2D eigenvalue weighted by atomic mass is 35.5. The summed E-state index contributed by atoms with van der Waals surface area (Å²) in [5.74, 6) is -0.258. The van der Waals surface area contributed by atoms with Crippen LogP contribution in [0.3, 0.4) is 0 Å². The fourth-order valence-corrected chi connectivity index (χ4v) is 4.02. The molecule has 2 aromatic carbocycles. The van der Waals surface area contributed by atoms with Gasteiger partial charge < -0.3 is 10.0 Å². The number of rotatable bonds is 4. The smallest absolute Gasteiger partial charge is 0.261 e. The number of carbonyl (C=O) groups is 1. The molecule has 1 heterocycles. The van der Waals surface area contributed by atoms with Crippen LogP contribution >= 0.6 is 11.6 Å². The zero-order valence-corrected chi connectivity index (χ0v) is 15.5. The normalized spacial score (nSPS) is 15.7. The highest BCUT2D eigenvalue weighted by molar-refractivity contribution is 7.92. The van der Waals surface area contributed by atoms with Crippen LogP contribution in [0.15, 0.2) is 53.4 Å². The van der Waals surface area contributed by atoms with Crippen molar-refractivity contribution in [2.24, 2.45) is 0 Å². The van der Waals surface area contributed by atoms with E-state index < -0.39 is 16.1 Å². The lowest BCUT2D eigenvalue weighted by molar-refractivity contribution is 0.0547. The molecule has 0 radical (unpaired) electrons. The minimum atomic E-state index is -3.84. The van der Waals surface area contributed by atoms with E-state index >= 15 is 0 Å². The van der Waals surface area contributed by atoms with E-state index in [1.54, 1.807) is 29.2 Å². The summed E-state index contributed by atoms with van der Waals surface area (Å²) >= 11 is 5.80. The number of anilines is 1. The van der Waals surface area contributed by atoms with Gasteiger partial charge in [-0.2, -0.15) is 0 Å². The molecule has 6 nitrogen and oxygen atoms in total. The number of amides is 1. The number of sulfonamides is 1. The minimum absolute atomic E-state index is 0.0604. The van der Waals surface area contributed by atoms with Crippen LogP contribution < -0.4 is 4.72 Å². The van der Waals surface area contributed by atoms with Crippen LogP contribution in [0, 0.1) is 0 Å². The van der Waals surface area contributed by atoms with Crippen molar-refractivity contribution in [2.75, 3.05) is 17.8 Å². The third-order valence-corrected chi connectivity index (χ3v) is 5.91. The summed E-state index contributed by atoms with van der Waals surface area (Å²) < 4.78 is 27.7. The number of para-hydroxylation sites is 1. The van der Waals surface area contributed by atoms with Crippen LogP contribution in [0.25, 0.3) is 0 Å². The molecule has 8 heteroatoms. The van der Waals surface area contributed by atoms with Gasteiger partial charge in [-0.25, -0.2) is 8.42 Å². The number of nitrogens with one attached hydrogen (secondary N) is 1. The number of piperidine rings is 1. The Morgan fingerprint density at radius 2 is 1.69 bits per heavy atom. The zero-order chi connectivity index (χ0) is 18.7. The van der Waals surface area contributed by atoms with Crippen molar-refractivity contribution in [3.05, 3.63) is 59.1 Å². The zero-order valence-electron chi connectivity index (χ0n) is 13.9. The Labute approximate surface area is 157 Å². The molecule has 0 atom stereocenters. The lowest BCUT2D eigenvalue weighted by Crippen LogP contribution is -2.40. The number of nitrogens with zero attached hydrogens (tertiary/aromatic N) is 1. The number of aliphatic hydroxyl groups is 1. The second-order valence-electron chi connectivity index (χ2n) is 6.13. The predicted octanol–water partition coefficient (Wildman–Crippen LogP) is 2.74. The largest absolute Gasteiger partial charge is 0.393 e. The second-order valence-corrected chi connectivity index (χ2v) is 8.25. The second kappa shape index (κ2) is 7.65. The van der Waals surface area contributed by atoms with Crippen molar-refractivity contribution in [3.8, 4) is 0 Å². The third-order valence-electron chi connectivity index (χ3n) is 4.28. The molecule has 0 bridgehead atoms. The number of hydrogen-bond acceptors (Lipinski definition) is 4. The summed E-state index contributed by atoms with van der Waals surface area (Å²) in [6, 6.07) is 12.3. The number of aliphatic hydroxyl groups excluding tert-OH is 1. The lowest BCUT2D eigenvalue weighted by Gasteiger charge is -2.30. The molecule has 1 fully saturated rings. The molecule has 1 amide bonds. The van der Waals surface area contributed by atoms with Crippen molar-refractivity contribution in [1.29, 1.82) is 0 Å². The Kier molecular flexibility index (Phi) is 5.50. The number of benzene rings is 2. The number of halogens is 1. The van der Waals surface area contributed by atoms with Gasteiger partial charge in [0.25, 0.3) is 15.9 Å². The number of likely N-dealkylation sites (tertiary alicyclic amines) is 1. The number of carbonyl (C=O) groups excluding carboxylic acids is 1. The summed E-state index contributed by atoms with van der Waals surface area (Å²) in [6.45, 7) is 0.885. The number of hydrogen-bond donors (Lipinski definition) is 2. The van der Waals surface area contributed by atoms with Crippen LogP contribution in [-0.2, 0) is 10.0 Å². The minimum Gasteiger partial charge on any atom is -0.393 e. The standard InChI is InChI=1S/C18H19ClN2O4S/c19-13-5-7-15(8-6-13)26(24,25)20-17-4-2-1-3-16(17)18(23)21-11-9-14(22)10-12-21/h1-8,14,20,22H,9-12H2. The highest BCUT2D eigenvalue weighted by Gasteiger charge is 2.25. The van der Waals surface area contributed by atoms with E-state index in [1.807, 2.05) is 0 Å². The van der Waals surface area contributed by atoms with Gasteiger partial charge in [-0.3, -0.25) is 9.52 Å². The fourth-order valence-electron chi connectivity index (χ4n) is 2.82. The van der Waals surface area contributed by atoms with Crippen molar-refractivity contribution in [3.63, 3.8) is 0 Å². The van der Waals surface area contributed by atoms with E-state index in [9.17, 15) is 18.3 Å². The Hall–Kier alpha value is -2.09. The molecule has 0 spiro atoms. The van der Waals surface area contributed by atoms with E-state index in [0.717, 1.165) is 0 Å². The van der Waals surface area contributed by atoms with E-state index in [2.05, 4.69) is 4.72 Å². The Morgan fingerprint density at radius 1 is 1.08 bits per heavy atom. The van der Waals surface area contributed by atoms with Gasteiger partial charge in [0.05, 0.1) is 22.3 Å². The van der Waals surface area contributed by atoms with Crippen LogP contribution in [0.5, 0.6) is 0 Å². The molecule has 2 aromatic rings. The van der Waals surface area contributed by atoms with E-state index in [-0.39, 0.29) is 22.1 Å². The van der Waals surface area contributed by atoms with E-state index in [1.165, 1.54) is 24.3 Å². The molecule has 1 aliphatic rings. The first-order valence-electron chi connectivity index (χ1n) is 8.21. The van der Waals surface area contributed by atoms with Crippen molar-refractivity contribution < 1.29 is 18.3 Å². The van der Waals surface area contributed by atoms with Crippen LogP contribution in [0.1, 0.15) is 23.2 Å². The van der Waals surface area contributed by atoms with E-state index in [0.29, 0.717) is 31.0 Å². The third kappa shape index (κ3) is 4.17. The molecule has 2 N–H and O–H groups in total. The molecule has 138 valence electrons. The quantitative estimate of drug-likeness (QED) is 0.834. The summed E-state index contributed by atoms with van der Waals surface area (Å²) in [5, 5.41) is 10.0. The molecule has 3 rings (SSSR count). The molecule has 0 saturated carbocycles. The average molecular weight is 395 g/mol. The van der Waals surface area contributed by atoms with Gasteiger partial charge >= 0.3 is 0 Å². The first-order chi connectivity index (χ1) is 12.4. The molecule has 0 unspecified atom stereocenters. The molecule has 1 saturated heterocycles. The Balaban J connectivity index is 1.85. The predicted molar refractivity (Wildman–Crippen MR) is 99.8 cm³/mol. The van der Waals surface area contributed by atoms with Crippen LogP contribution in [0.2, 0.25) is 5.02 Å². The van der Waals surface area contributed by atoms with Crippen molar-refractivity contribution in [1.82, 2.24) is 4.90 Å². The summed E-state index contributed by atoms with van der Waals surface area (Å²) in [7, 11) is -3.84. The maximum absolute atomic E-state index is 12.8. The fraction of sp³-hybridized carbons (Fsp3) is 0.278. The Bertz CT molecular complexity index is 892. The monoisotopic (exact) mass is 394 g/mol. The van der Waals surface area contributed by atoms with E-state index in [4.69, 9.17) is 11.6 Å². The van der Waals surface area contributed by atoms with Gasteiger partial charge in [0.2, 0.25) is 0 Å². The summed E-state index contributed by atoms with van der Waals surface area (Å²) in [4.78, 5) is 14.5. The highest BCUT2D eigenvalue weighted by Crippen LogP contribution is 2.23. The summed E-state index contributed by atoms with van der Waals surface area (Å²) in [5.41, 5.74) is 0.500. The van der Waals surface area contributed by atoms with Crippen LogP contribution in [0.4, 0.5) is 5.69 Å². The maximum atomic E-state index is 12.8. The van der Waals surface area contributed by atoms with Crippen molar-refractivity contribution >= 4 is 33.2 Å². The molecular formula is C18H19ClN2O4S.